The number of aromatic nitrogens is 2. The molecule has 2 rings (SSSR count). The number of hydrogen-bond donors (Lipinski definition) is 1. The minimum Gasteiger partial charge on any atom is -0.322 e. The van der Waals surface area contributed by atoms with E-state index in [1.54, 1.807) is 12.1 Å². The standard InChI is InChI=1S/C16H22FN3/c1-5-15-10(2)19-20(11(15)3)12(4)16(18)13-6-8-14(17)9-7-13/h6-9,12,16H,5,18H2,1-4H3. The van der Waals surface area contributed by atoms with Gasteiger partial charge in [-0.15, -0.1) is 0 Å². The average molecular weight is 275 g/mol. The predicted molar refractivity (Wildman–Crippen MR) is 79.1 cm³/mol. The SMILES string of the molecule is CCc1c(C)nn(C(C)C(N)c2ccc(F)cc2)c1C. The van der Waals surface area contributed by atoms with Gasteiger partial charge in [0.05, 0.1) is 17.8 Å². The highest BCUT2D eigenvalue weighted by molar-refractivity contribution is 5.26. The van der Waals surface area contributed by atoms with Crippen LogP contribution in [0, 0.1) is 19.7 Å². The minimum absolute atomic E-state index is 0.0273. The number of rotatable bonds is 4. The van der Waals surface area contributed by atoms with Gasteiger partial charge in [0.25, 0.3) is 0 Å². The van der Waals surface area contributed by atoms with Crippen molar-refractivity contribution in [2.75, 3.05) is 0 Å². The summed E-state index contributed by atoms with van der Waals surface area (Å²) in [6.07, 6.45) is 0.968. The Kier molecular flexibility index (Phi) is 4.23. The topological polar surface area (TPSA) is 43.8 Å². The van der Waals surface area contributed by atoms with Crippen molar-refractivity contribution in [3.8, 4) is 0 Å². The van der Waals surface area contributed by atoms with Crippen molar-refractivity contribution >= 4 is 0 Å². The van der Waals surface area contributed by atoms with Gasteiger partial charge in [0.1, 0.15) is 5.82 Å². The van der Waals surface area contributed by atoms with E-state index in [1.807, 2.05) is 18.5 Å². The fraction of sp³-hybridized carbons (Fsp3) is 0.438. The van der Waals surface area contributed by atoms with Gasteiger partial charge in [-0.05, 0) is 50.5 Å². The Morgan fingerprint density at radius 3 is 2.35 bits per heavy atom. The molecule has 0 amide bonds. The van der Waals surface area contributed by atoms with E-state index in [0.29, 0.717) is 0 Å². The molecule has 0 bridgehead atoms. The third-order valence-electron chi connectivity index (χ3n) is 3.99. The van der Waals surface area contributed by atoms with Gasteiger partial charge in [0.2, 0.25) is 0 Å². The van der Waals surface area contributed by atoms with E-state index in [0.717, 1.165) is 23.4 Å². The highest BCUT2D eigenvalue weighted by Gasteiger charge is 2.21. The first-order chi connectivity index (χ1) is 9.45. The van der Waals surface area contributed by atoms with E-state index in [4.69, 9.17) is 5.73 Å². The van der Waals surface area contributed by atoms with Gasteiger partial charge < -0.3 is 5.73 Å². The Hall–Kier alpha value is -1.68. The molecule has 3 nitrogen and oxygen atoms in total. The molecule has 108 valence electrons. The lowest BCUT2D eigenvalue weighted by Crippen LogP contribution is -2.24. The highest BCUT2D eigenvalue weighted by atomic mass is 19.1. The highest BCUT2D eigenvalue weighted by Crippen LogP contribution is 2.26. The summed E-state index contributed by atoms with van der Waals surface area (Å²) in [5, 5.41) is 4.61. The van der Waals surface area contributed by atoms with E-state index in [9.17, 15) is 4.39 Å². The minimum atomic E-state index is -0.243. The molecular weight excluding hydrogens is 253 g/mol. The van der Waals surface area contributed by atoms with Crippen molar-refractivity contribution in [2.45, 2.75) is 46.2 Å². The van der Waals surface area contributed by atoms with E-state index in [-0.39, 0.29) is 17.9 Å². The van der Waals surface area contributed by atoms with E-state index in [1.165, 1.54) is 17.7 Å². The average Bonchev–Trinajstić information content (AvgIpc) is 2.72. The molecule has 0 spiro atoms. The summed E-state index contributed by atoms with van der Waals surface area (Å²) < 4.78 is 15.0. The fourth-order valence-electron chi connectivity index (χ4n) is 2.72. The zero-order valence-corrected chi connectivity index (χ0v) is 12.5. The molecule has 0 fully saturated rings. The third kappa shape index (κ3) is 2.61. The van der Waals surface area contributed by atoms with Gasteiger partial charge in [-0.1, -0.05) is 19.1 Å². The molecule has 20 heavy (non-hydrogen) atoms. The largest absolute Gasteiger partial charge is 0.322 e. The molecule has 1 aromatic carbocycles. The molecule has 2 N–H and O–H groups in total. The number of nitrogens with zero attached hydrogens (tertiary/aromatic N) is 2. The Morgan fingerprint density at radius 2 is 1.85 bits per heavy atom. The van der Waals surface area contributed by atoms with Crippen LogP contribution in [-0.4, -0.2) is 9.78 Å². The first-order valence-electron chi connectivity index (χ1n) is 7.01. The van der Waals surface area contributed by atoms with Gasteiger partial charge in [0, 0.05) is 5.69 Å². The van der Waals surface area contributed by atoms with Gasteiger partial charge in [-0.25, -0.2) is 4.39 Å². The molecule has 0 aliphatic rings. The second-order valence-corrected chi connectivity index (χ2v) is 5.27. The molecule has 1 heterocycles. The molecule has 0 saturated carbocycles. The summed E-state index contributed by atoms with van der Waals surface area (Å²) in [7, 11) is 0. The van der Waals surface area contributed by atoms with Gasteiger partial charge in [-0.3, -0.25) is 4.68 Å². The number of nitrogens with two attached hydrogens (primary N) is 1. The quantitative estimate of drug-likeness (QED) is 0.928. The van der Waals surface area contributed by atoms with Crippen LogP contribution in [0.5, 0.6) is 0 Å². The second kappa shape index (κ2) is 5.75. The lowest BCUT2D eigenvalue weighted by molar-refractivity contribution is 0.405. The summed E-state index contributed by atoms with van der Waals surface area (Å²) in [6.45, 7) is 8.28. The van der Waals surface area contributed by atoms with E-state index < -0.39 is 0 Å². The second-order valence-electron chi connectivity index (χ2n) is 5.27. The molecule has 0 aliphatic heterocycles. The number of hydrogen-bond acceptors (Lipinski definition) is 2. The van der Waals surface area contributed by atoms with Crippen LogP contribution in [0.3, 0.4) is 0 Å². The van der Waals surface area contributed by atoms with Crippen molar-refractivity contribution in [1.82, 2.24) is 9.78 Å². The van der Waals surface area contributed by atoms with Crippen LogP contribution >= 0.6 is 0 Å². The maximum atomic E-state index is 13.0. The molecule has 2 atom stereocenters. The number of aryl methyl sites for hydroxylation is 1. The number of halogens is 1. The van der Waals surface area contributed by atoms with Crippen LogP contribution in [0.2, 0.25) is 0 Å². The maximum absolute atomic E-state index is 13.0. The zero-order valence-electron chi connectivity index (χ0n) is 12.5. The van der Waals surface area contributed by atoms with E-state index in [2.05, 4.69) is 18.9 Å². The smallest absolute Gasteiger partial charge is 0.123 e. The summed E-state index contributed by atoms with van der Waals surface area (Å²) in [5.41, 5.74) is 10.7. The fourth-order valence-corrected chi connectivity index (χ4v) is 2.72. The normalized spacial score (nSPS) is 14.3. The molecule has 0 radical (unpaired) electrons. The van der Waals surface area contributed by atoms with Gasteiger partial charge in [0.15, 0.2) is 0 Å². The molecule has 4 heteroatoms. The van der Waals surface area contributed by atoms with Crippen LogP contribution in [-0.2, 0) is 6.42 Å². The zero-order chi connectivity index (χ0) is 14.9. The van der Waals surface area contributed by atoms with Crippen molar-refractivity contribution in [1.29, 1.82) is 0 Å². The lowest BCUT2D eigenvalue weighted by Gasteiger charge is -2.22. The van der Waals surface area contributed by atoms with Crippen molar-refractivity contribution in [3.63, 3.8) is 0 Å². The lowest BCUT2D eigenvalue weighted by atomic mass is 10.0. The first-order valence-corrected chi connectivity index (χ1v) is 7.01. The van der Waals surface area contributed by atoms with Crippen LogP contribution in [0.1, 0.15) is 48.4 Å². The van der Waals surface area contributed by atoms with Gasteiger partial charge >= 0.3 is 0 Å². The van der Waals surface area contributed by atoms with Gasteiger partial charge in [-0.2, -0.15) is 5.10 Å². The molecule has 0 saturated heterocycles. The van der Waals surface area contributed by atoms with Crippen LogP contribution in [0.25, 0.3) is 0 Å². The first kappa shape index (κ1) is 14.7. The Bertz CT molecular complexity index is 587. The summed E-state index contributed by atoms with van der Waals surface area (Å²) >= 11 is 0. The molecule has 2 aromatic rings. The van der Waals surface area contributed by atoms with Crippen molar-refractivity contribution < 1.29 is 4.39 Å². The maximum Gasteiger partial charge on any atom is 0.123 e. The summed E-state index contributed by atoms with van der Waals surface area (Å²) in [6, 6.07) is 6.19. The van der Waals surface area contributed by atoms with Crippen molar-refractivity contribution in [3.05, 3.63) is 52.6 Å². The van der Waals surface area contributed by atoms with Crippen LogP contribution in [0.15, 0.2) is 24.3 Å². The van der Waals surface area contributed by atoms with Crippen LogP contribution < -0.4 is 5.73 Å². The summed E-state index contributed by atoms with van der Waals surface area (Å²) in [5.74, 6) is -0.243. The third-order valence-corrected chi connectivity index (χ3v) is 3.99. The number of benzene rings is 1. The molecule has 2 unspecified atom stereocenters. The summed E-state index contributed by atoms with van der Waals surface area (Å²) in [4.78, 5) is 0. The van der Waals surface area contributed by atoms with Crippen LogP contribution in [0.4, 0.5) is 4.39 Å². The van der Waals surface area contributed by atoms with Crippen molar-refractivity contribution in [2.24, 2.45) is 5.73 Å². The molecular formula is C16H22FN3. The molecule has 0 aliphatic carbocycles. The predicted octanol–water partition coefficient (Wildman–Crippen LogP) is 3.46. The Labute approximate surface area is 119 Å². The Morgan fingerprint density at radius 1 is 1.25 bits per heavy atom. The molecule has 1 aromatic heterocycles. The Balaban J connectivity index is 2.31. The van der Waals surface area contributed by atoms with E-state index >= 15 is 0 Å². The monoisotopic (exact) mass is 275 g/mol.